The number of carbonyl (C=O) groups is 1. The van der Waals surface area contributed by atoms with Crippen molar-refractivity contribution in [2.45, 2.75) is 25.2 Å². The monoisotopic (exact) mass is 315 g/mol. The molecular formula is C18H18FNO3. The number of rotatable bonds is 3. The zero-order chi connectivity index (χ0) is 16.0. The molecule has 1 N–H and O–H groups in total. The Hall–Kier alpha value is -2.14. The van der Waals surface area contributed by atoms with E-state index in [9.17, 15) is 14.3 Å². The normalized spacial score (nSPS) is 20.4. The molecule has 2 aromatic rings. The minimum atomic E-state index is -0.399. The number of fused-ring (bicyclic) bond motifs is 1. The average molecular weight is 315 g/mol. The second-order valence-electron chi connectivity index (χ2n) is 6.39. The van der Waals surface area contributed by atoms with Gasteiger partial charge in [-0.2, -0.15) is 0 Å². The minimum Gasteiger partial charge on any atom is -0.468 e. The number of hydrogen-bond donors (Lipinski definition) is 1. The van der Waals surface area contributed by atoms with Crippen LogP contribution in [0.5, 0.6) is 0 Å². The first kappa shape index (κ1) is 14.5. The van der Waals surface area contributed by atoms with Crippen LogP contribution in [0.15, 0.2) is 34.9 Å². The standard InChI is InChI=1S/C18H18FNO3/c19-15-3-1-2-13-8-11(10-21)9-20(16(13)15)18(22)14-6-7-23-17(14)12-4-5-12/h1-3,6-7,11-12,21H,4-5,8-10H2/t11-/m0/s1. The Labute approximate surface area is 133 Å². The van der Waals surface area contributed by atoms with Gasteiger partial charge in [0, 0.05) is 25.0 Å². The van der Waals surface area contributed by atoms with Crippen LogP contribution in [-0.2, 0) is 6.42 Å². The Morgan fingerprint density at radius 3 is 2.91 bits per heavy atom. The number of halogens is 1. The number of anilines is 1. The third kappa shape index (κ3) is 2.45. The van der Waals surface area contributed by atoms with E-state index in [0.717, 1.165) is 18.4 Å². The molecule has 1 fully saturated rings. The molecule has 2 heterocycles. The molecule has 4 rings (SSSR count). The summed E-state index contributed by atoms with van der Waals surface area (Å²) in [6, 6.07) is 6.50. The average Bonchev–Trinajstić information content (AvgIpc) is 3.30. The molecule has 0 spiro atoms. The molecule has 1 amide bonds. The summed E-state index contributed by atoms with van der Waals surface area (Å²) in [5.74, 6) is 0.292. The van der Waals surface area contributed by atoms with E-state index in [1.165, 1.54) is 17.2 Å². The number of aliphatic hydroxyl groups excluding tert-OH is 1. The Bertz CT molecular complexity index is 750. The molecule has 1 aromatic carbocycles. The van der Waals surface area contributed by atoms with Crippen LogP contribution in [-0.4, -0.2) is 24.2 Å². The molecular weight excluding hydrogens is 297 g/mol. The molecule has 0 bridgehead atoms. The van der Waals surface area contributed by atoms with Crippen LogP contribution in [0.2, 0.25) is 0 Å². The zero-order valence-electron chi connectivity index (χ0n) is 12.7. The molecule has 1 atom stereocenters. The Kier molecular flexibility index (Phi) is 3.45. The molecule has 5 heteroatoms. The molecule has 0 unspecified atom stereocenters. The first-order valence-corrected chi connectivity index (χ1v) is 7.96. The highest BCUT2D eigenvalue weighted by Gasteiger charge is 2.36. The summed E-state index contributed by atoms with van der Waals surface area (Å²) in [7, 11) is 0. The van der Waals surface area contributed by atoms with Gasteiger partial charge in [0.15, 0.2) is 0 Å². The first-order chi connectivity index (χ1) is 11.2. The van der Waals surface area contributed by atoms with E-state index in [2.05, 4.69) is 0 Å². The van der Waals surface area contributed by atoms with Gasteiger partial charge in [-0.25, -0.2) is 4.39 Å². The largest absolute Gasteiger partial charge is 0.468 e. The van der Waals surface area contributed by atoms with E-state index in [1.807, 2.05) is 6.07 Å². The summed E-state index contributed by atoms with van der Waals surface area (Å²) < 4.78 is 19.8. The lowest BCUT2D eigenvalue weighted by molar-refractivity contribution is 0.0971. The van der Waals surface area contributed by atoms with E-state index in [1.54, 1.807) is 12.1 Å². The smallest absolute Gasteiger partial charge is 0.261 e. The molecule has 1 aliphatic carbocycles. The van der Waals surface area contributed by atoms with Crippen LogP contribution in [0.1, 0.15) is 40.4 Å². The molecule has 4 nitrogen and oxygen atoms in total. The van der Waals surface area contributed by atoms with E-state index >= 15 is 0 Å². The maximum atomic E-state index is 14.3. The van der Waals surface area contributed by atoms with Crippen LogP contribution in [0.25, 0.3) is 0 Å². The fourth-order valence-corrected chi connectivity index (χ4v) is 3.36. The van der Waals surface area contributed by atoms with Crippen LogP contribution < -0.4 is 4.90 Å². The van der Waals surface area contributed by atoms with Gasteiger partial charge in [-0.05, 0) is 37.0 Å². The van der Waals surface area contributed by atoms with Gasteiger partial charge in [0.25, 0.3) is 5.91 Å². The molecule has 23 heavy (non-hydrogen) atoms. The third-order valence-electron chi connectivity index (χ3n) is 4.67. The lowest BCUT2D eigenvalue weighted by Gasteiger charge is -2.34. The van der Waals surface area contributed by atoms with Gasteiger partial charge in [-0.1, -0.05) is 12.1 Å². The van der Waals surface area contributed by atoms with Crippen LogP contribution >= 0.6 is 0 Å². The van der Waals surface area contributed by atoms with Gasteiger partial charge in [-0.15, -0.1) is 0 Å². The van der Waals surface area contributed by atoms with Crippen molar-refractivity contribution in [3.05, 3.63) is 53.2 Å². The summed E-state index contributed by atoms with van der Waals surface area (Å²) in [6.07, 6.45) is 4.15. The predicted octanol–water partition coefficient (Wildman–Crippen LogP) is 3.11. The lowest BCUT2D eigenvalue weighted by Crippen LogP contribution is -2.42. The first-order valence-electron chi connectivity index (χ1n) is 7.96. The zero-order valence-corrected chi connectivity index (χ0v) is 12.7. The third-order valence-corrected chi connectivity index (χ3v) is 4.67. The van der Waals surface area contributed by atoms with Gasteiger partial charge in [0.05, 0.1) is 17.5 Å². The molecule has 0 saturated heterocycles. The molecule has 2 aliphatic rings. The number of aliphatic hydroxyl groups is 1. The van der Waals surface area contributed by atoms with E-state index in [-0.39, 0.29) is 18.4 Å². The minimum absolute atomic E-state index is 0.0272. The number of para-hydroxylation sites is 1. The highest BCUT2D eigenvalue weighted by Crippen LogP contribution is 2.43. The maximum Gasteiger partial charge on any atom is 0.261 e. The summed E-state index contributed by atoms with van der Waals surface area (Å²) in [5, 5.41) is 9.52. The van der Waals surface area contributed by atoms with Gasteiger partial charge >= 0.3 is 0 Å². The van der Waals surface area contributed by atoms with Crippen molar-refractivity contribution < 1.29 is 18.7 Å². The SMILES string of the molecule is O=C(c1ccoc1C1CC1)N1C[C@@H](CO)Cc2cccc(F)c21. The van der Waals surface area contributed by atoms with Crippen molar-refractivity contribution in [3.63, 3.8) is 0 Å². The molecule has 1 aliphatic heterocycles. The highest BCUT2D eigenvalue weighted by molar-refractivity contribution is 6.07. The van der Waals surface area contributed by atoms with Crippen LogP contribution in [0.3, 0.4) is 0 Å². The second-order valence-corrected chi connectivity index (χ2v) is 6.39. The molecule has 1 saturated carbocycles. The number of carbonyl (C=O) groups excluding carboxylic acids is 1. The Morgan fingerprint density at radius 1 is 1.35 bits per heavy atom. The van der Waals surface area contributed by atoms with Crippen molar-refractivity contribution >= 4 is 11.6 Å². The van der Waals surface area contributed by atoms with Crippen molar-refractivity contribution in [1.29, 1.82) is 0 Å². The van der Waals surface area contributed by atoms with E-state index in [4.69, 9.17) is 4.42 Å². The van der Waals surface area contributed by atoms with Gasteiger partial charge in [0.1, 0.15) is 11.6 Å². The number of nitrogens with zero attached hydrogens (tertiary/aromatic N) is 1. The van der Waals surface area contributed by atoms with Crippen LogP contribution in [0.4, 0.5) is 10.1 Å². The quantitative estimate of drug-likeness (QED) is 0.947. The maximum absolute atomic E-state index is 14.3. The van der Waals surface area contributed by atoms with E-state index in [0.29, 0.717) is 35.9 Å². The fraction of sp³-hybridized carbons (Fsp3) is 0.389. The fourth-order valence-electron chi connectivity index (χ4n) is 3.36. The highest BCUT2D eigenvalue weighted by atomic mass is 19.1. The molecule has 1 aromatic heterocycles. The Balaban J connectivity index is 1.75. The number of amides is 1. The van der Waals surface area contributed by atoms with Crippen LogP contribution in [0, 0.1) is 11.7 Å². The van der Waals surface area contributed by atoms with E-state index < -0.39 is 5.82 Å². The summed E-state index contributed by atoms with van der Waals surface area (Å²) in [5.41, 5.74) is 1.62. The van der Waals surface area contributed by atoms with Gasteiger partial charge < -0.3 is 14.4 Å². The number of hydrogen-bond acceptors (Lipinski definition) is 3. The van der Waals surface area contributed by atoms with Crippen molar-refractivity contribution in [2.24, 2.45) is 5.92 Å². The van der Waals surface area contributed by atoms with Gasteiger partial charge in [-0.3, -0.25) is 4.79 Å². The second kappa shape index (κ2) is 5.49. The summed E-state index contributed by atoms with van der Waals surface area (Å²) in [6.45, 7) is 0.291. The number of furan rings is 1. The Morgan fingerprint density at radius 2 is 2.17 bits per heavy atom. The summed E-state index contributed by atoms with van der Waals surface area (Å²) in [4.78, 5) is 14.5. The lowest BCUT2D eigenvalue weighted by atomic mass is 9.92. The molecule has 120 valence electrons. The number of benzene rings is 1. The van der Waals surface area contributed by atoms with Crippen molar-refractivity contribution in [1.82, 2.24) is 0 Å². The predicted molar refractivity (Wildman–Crippen MR) is 83.0 cm³/mol. The molecule has 0 radical (unpaired) electrons. The van der Waals surface area contributed by atoms with Crippen molar-refractivity contribution in [3.8, 4) is 0 Å². The summed E-state index contributed by atoms with van der Waals surface area (Å²) >= 11 is 0. The van der Waals surface area contributed by atoms with Crippen molar-refractivity contribution in [2.75, 3.05) is 18.1 Å². The van der Waals surface area contributed by atoms with Gasteiger partial charge in [0.2, 0.25) is 0 Å². The topological polar surface area (TPSA) is 53.7 Å².